The summed E-state index contributed by atoms with van der Waals surface area (Å²) in [7, 11) is 0. The zero-order valence-electron chi connectivity index (χ0n) is 15.5. The molecule has 0 saturated carbocycles. The van der Waals surface area contributed by atoms with Gasteiger partial charge in [0.05, 0.1) is 12.1 Å². The molecule has 2 unspecified atom stereocenters. The normalized spacial score (nSPS) is 18.5. The van der Waals surface area contributed by atoms with E-state index >= 15 is 0 Å². The minimum Gasteiger partial charge on any atom is -0.376 e. The van der Waals surface area contributed by atoms with Gasteiger partial charge in [0.25, 0.3) is 5.91 Å². The quantitative estimate of drug-likeness (QED) is 0.739. The standard InChI is InChI=1S/C19H29N3O3/c1-5-19(3,4)22-17(23)14-8-10-15(11-9-14)21-18(24)20-13(2)16-7-6-12-25-16/h8-11,13,16H,5-7,12H2,1-4H3,(H,22,23)(H2,20,21,24). The van der Waals surface area contributed by atoms with Crippen LogP contribution in [0.4, 0.5) is 10.5 Å². The van der Waals surface area contributed by atoms with E-state index in [0.29, 0.717) is 11.3 Å². The number of carbonyl (C=O) groups is 2. The molecule has 1 aliphatic heterocycles. The van der Waals surface area contributed by atoms with Crippen molar-refractivity contribution in [3.05, 3.63) is 29.8 Å². The summed E-state index contributed by atoms with van der Waals surface area (Å²) in [5.41, 5.74) is 0.968. The van der Waals surface area contributed by atoms with E-state index in [1.807, 2.05) is 27.7 Å². The maximum absolute atomic E-state index is 12.2. The number of anilines is 1. The predicted octanol–water partition coefficient (Wildman–Crippen LogP) is 3.29. The minimum atomic E-state index is -0.271. The highest BCUT2D eigenvalue weighted by molar-refractivity contribution is 5.96. The van der Waals surface area contributed by atoms with Crippen molar-refractivity contribution in [1.82, 2.24) is 10.6 Å². The monoisotopic (exact) mass is 347 g/mol. The van der Waals surface area contributed by atoms with Crippen molar-refractivity contribution in [2.45, 2.75) is 64.6 Å². The van der Waals surface area contributed by atoms with Gasteiger partial charge in [0, 0.05) is 23.4 Å². The Morgan fingerprint density at radius 3 is 2.52 bits per heavy atom. The number of rotatable bonds is 6. The van der Waals surface area contributed by atoms with Crippen LogP contribution in [0.25, 0.3) is 0 Å². The SMILES string of the molecule is CCC(C)(C)NC(=O)c1ccc(NC(=O)NC(C)C2CCCO2)cc1. The fraction of sp³-hybridized carbons (Fsp3) is 0.579. The molecule has 1 heterocycles. The van der Waals surface area contributed by atoms with Gasteiger partial charge in [-0.1, -0.05) is 6.92 Å². The Kier molecular flexibility index (Phi) is 6.42. The van der Waals surface area contributed by atoms with Crippen LogP contribution in [0, 0.1) is 0 Å². The zero-order valence-corrected chi connectivity index (χ0v) is 15.5. The molecule has 1 aromatic carbocycles. The Bertz CT molecular complexity index is 592. The average Bonchev–Trinajstić information content (AvgIpc) is 3.09. The van der Waals surface area contributed by atoms with Crippen molar-refractivity contribution in [2.24, 2.45) is 0 Å². The molecule has 2 rings (SSSR count). The second kappa shape index (κ2) is 8.34. The number of hydrogen-bond acceptors (Lipinski definition) is 3. The lowest BCUT2D eigenvalue weighted by Crippen LogP contribution is -2.43. The first-order valence-electron chi connectivity index (χ1n) is 8.92. The van der Waals surface area contributed by atoms with E-state index in [1.54, 1.807) is 24.3 Å². The number of ether oxygens (including phenoxy) is 1. The van der Waals surface area contributed by atoms with Crippen molar-refractivity contribution in [1.29, 1.82) is 0 Å². The van der Waals surface area contributed by atoms with E-state index in [1.165, 1.54) is 0 Å². The number of hydrogen-bond donors (Lipinski definition) is 3. The van der Waals surface area contributed by atoms with Crippen LogP contribution in [0.15, 0.2) is 24.3 Å². The third-order valence-corrected chi connectivity index (χ3v) is 4.62. The summed E-state index contributed by atoms with van der Waals surface area (Å²) in [6.07, 6.45) is 2.94. The molecule has 3 N–H and O–H groups in total. The van der Waals surface area contributed by atoms with Crippen LogP contribution >= 0.6 is 0 Å². The summed E-state index contributed by atoms with van der Waals surface area (Å²) in [4.78, 5) is 24.3. The smallest absolute Gasteiger partial charge is 0.319 e. The van der Waals surface area contributed by atoms with Crippen molar-refractivity contribution in [3.8, 4) is 0 Å². The first kappa shape index (κ1) is 19.2. The Balaban J connectivity index is 1.87. The van der Waals surface area contributed by atoms with Gasteiger partial charge in [0.15, 0.2) is 0 Å². The number of urea groups is 1. The van der Waals surface area contributed by atoms with Crippen LogP contribution < -0.4 is 16.0 Å². The summed E-state index contributed by atoms with van der Waals surface area (Å²) in [5, 5.41) is 8.66. The lowest BCUT2D eigenvalue weighted by molar-refractivity contribution is 0.0868. The fourth-order valence-corrected chi connectivity index (χ4v) is 2.64. The van der Waals surface area contributed by atoms with Crippen LogP contribution in [0.5, 0.6) is 0 Å². The highest BCUT2D eigenvalue weighted by atomic mass is 16.5. The summed E-state index contributed by atoms with van der Waals surface area (Å²) in [6.45, 7) is 8.71. The molecule has 6 nitrogen and oxygen atoms in total. The first-order valence-corrected chi connectivity index (χ1v) is 8.92. The lowest BCUT2D eigenvalue weighted by atomic mass is 10.0. The first-order chi connectivity index (χ1) is 11.8. The van der Waals surface area contributed by atoms with Gasteiger partial charge in [0.2, 0.25) is 0 Å². The fourth-order valence-electron chi connectivity index (χ4n) is 2.64. The molecule has 6 heteroatoms. The molecule has 0 bridgehead atoms. The van der Waals surface area contributed by atoms with E-state index in [2.05, 4.69) is 16.0 Å². The third kappa shape index (κ3) is 5.74. The summed E-state index contributed by atoms with van der Waals surface area (Å²) in [6, 6.07) is 6.56. The summed E-state index contributed by atoms with van der Waals surface area (Å²) >= 11 is 0. The molecule has 0 spiro atoms. The van der Waals surface area contributed by atoms with Gasteiger partial charge in [-0.15, -0.1) is 0 Å². The largest absolute Gasteiger partial charge is 0.376 e. The Labute approximate surface area is 149 Å². The highest BCUT2D eigenvalue weighted by Crippen LogP contribution is 2.16. The second-order valence-corrected chi connectivity index (χ2v) is 7.21. The van der Waals surface area contributed by atoms with E-state index in [9.17, 15) is 9.59 Å². The molecule has 1 aromatic rings. The van der Waals surface area contributed by atoms with Gasteiger partial charge in [-0.25, -0.2) is 4.79 Å². The van der Waals surface area contributed by atoms with Crippen molar-refractivity contribution >= 4 is 17.6 Å². The zero-order chi connectivity index (χ0) is 18.4. The molecule has 0 aromatic heterocycles. The molecule has 0 aliphatic carbocycles. The van der Waals surface area contributed by atoms with Crippen LogP contribution in [-0.2, 0) is 4.74 Å². The van der Waals surface area contributed by atoms with Gasteiger partial charge in [-0.2, -0.15) is 0 Å². The van der Waals surface area contributed by atoms with E-state index in [0.717, 1.165) is 25.9 Å². The summed E-state index contributed by atoms with van der Waals surface area (Å²) < 4.78 is 5.57. The van der Waals surface area contributed by atoms with Gasteiger partial charge in [0.1, 0.15) is 0 Å². The molecule has 1 saturated heterocycles. The van der Waals surface area contributed by atoms with Crippen molar-refractivity contribution < 1.29 is 14.3 Å². The van der Waals surface area contributed by atoms with Crippen LogP contribution in [0.2, 0.25) is 0 Å². The predicted molar refractivity (Wildman–Crippen MR) is 98.9 cm³/mol. The van der Waals surface area contributed by atoms with E-state index < -0.39 is 0 Å². The Morgan fingerprint density at radius 2 is 1.96 bits per heavy atom. The number of benzene rings is 1. The molecule has 1 fully saturated rings. The van der Waals surface area contributed by atoms with Crippen LogP contribution in [0.3, 0.4) is 0 Å². The molecule has 1 aliphatic rings. The molecule has 0 radical (unpaired) electrons. The summed E-state index contributed by atoms with van der Waals surface area (Å²) in [5.74, 6) is -0.116. The average molecular weight is 347 g/mol. The van der Waals surface area contributed by atoms with Gasteiger partial charge >= 0.3 is 6.03 Å². The van der Waals surface area contributed by atoms with Crippen molar-refractivity contribution in [3.63, 3.8) is 0 Å². The molecule has 2 atom stereocenters. The van der Waals surface area contributed by atoms with Gasteiger partial charge < -0.3 is 20.7 Å². The second-order valence-electron chi connectivity index (χ2n) is 7.21. The van der Waals surface area contributed by atoms with Crippen LogP contribution in [-0.4, -0.2) is 36.2 Å². The highest BCUT2D eigenvalue weighted by Gasteiger charge is 2.23. The topological polar surface area (TPSA) is 79.5 Å². The van der Waals surface area contributed by atoms with Gasteiger partial charge in [-0.3, -0.25) is 4.79 Å². The molecule has 25 heavy (non-hydrogen) atoms. The van der Waals surface area contributed by atoms with Crippen LogP contribution in [0.1, 0.15) is 57.3 Å². The molecule has 138 valence electrons. The van der Waals surface area contributed by atoms with Gasteiger partial charge in [-0.05, 0) is 64.3 Å². The molecule has 3 amide bonds. The molecular formula is C19H29N3O3. The minimum absolute atomic E-state index is 0.0381. The van der Waals surface area contributed by atoms with E-state index in [4.69, 9.17) is 4.74 Å². The van der Waals surface area contributed by atoms with Crippen molar-refractivity contribution in [2.75, 3.05) is 11.9 Å². The van der Waals surface area contributed by atoms with E-state index in [-0.39, 0.29) is 29.6 Å². The Hall–Kier alpha value is -2.08. The molecular weight excluding hydrogens is 318 g/mol. The Morgan fingerprint density at radius 1 is 1.28 bits per heavy atom. The maximum Gasteiger partial charge on any atom is 0.319 e. The third-order valence-electron chi connectivity index (χ3n) is 4.62. The lowest BCUT2D eigenvalue weighted by Gasteiger charge is -2.24. The number of carbonyl (C=O) groups excluding carboxylic acids is 2. The number of amides is 3. The maximum atomic E-state index is 12.2. The number of nitrogens with one attached hydrogen (secondary N) is 3.